The fourth-order valence-corrected chi connectivity index (χ4v) is 9.05. The Labute approximate surface area is 454 Å². The van der Waals surface area contributed by atoms with E-state index in [1.807, 2.05) is 12.1 Å². The molecule has 11 aromatic rings. The molecule has 2 aliphatic rings. The lowest BCUT2D eigenvalue weighted by Crippen LogP contribution is -2.10. The number of benzene rings is 2. The second-order valence-corrected chi connectivity index (χ2v) is 18.6. The van der Waals surface area contributed by atoms with Crippen LogP contribution < -0.4 is 9.47 Å². The lowest BCUT2D eigenvalue weighted by molar-refractivity contribution is -0.142. The van der Waals surface area contributed by atoms with E-state index in [9.17, 15) is 36.2 Å². The van der Waals surface area contributed by atoms with Crippen molar-refractivity contribution in [3.8, 4) is 57.4 Å². The van der Waals surface area contributed by atoms with Crippen molar-refractivity contribution in [1.29, 1.82) is 0 Å². The van der Waals surface area contributed by atoms with Crippen molar-refractivity contribution in [2.24, 2.45) is 0 Å². The summed E-state index contributed by atoms with van der Waals surface area (Å²) in [5.74, 6) is 1.08. The van der Waals surface area contributed by atoms with E-state index in [0.717, 1.165) is 64.3 Å². The Morgan fingerprint density at radius 3 is 1.53 bits per heavy atom. The van der Waals surface area contributed by atoms with Crippen LogP contribution in [0, 0.1) is 0 Å². The normalized spacial score (nSPS) is 13.5. The van der Waals surface area contributed by atoms with Crippen molar-refractivity contribution < 1.29 is 50.1 Å². The molecule has 2 aromatic carbocycles. The van der Waals surface area contributed by atoms with E-state index in [1.54, 1.807) is 77.7 Å². The summed E-state index contributed by atoms with van der Waals surface area (Å²) >= 11 is 0. The zero-order chi connectivity index (χ0) is 55.5. The second-order valence-electron chi connectivity index (χ2n) is 18.6. The highest BCUT2D eigenvalue weighted by Gasteiger charge is 2.38. The third-order valence-electron chi connectivity index (χ3n) is 13.2. The van der Waals surface area contributed by atoms with Crippen molar-refractivity contribution in [2.75, 3.05) is 14.2 Å². The SMILES string of the molecule is C.COc1ncnc(C2CC2)c1-c1ncc2cnn(Cc3ccc(-n4nc(C(F)(F)F)cc4-c4ccco4)cc3)c2n1.COc1ncnc(C2CC2)c1-c1ncc2cnn(Cc3ccc(-n4nc(C(F)(F)F)cc4C(=O)O)cc3)c2n1. The number of furan rings is 1. The minimum atomic E-state index is -4.77. The van der Waals surface area contributed by atoms with E-state index < -0.39 is 35.4 Å². The molecule has 9 heterocycles. The van der Waals surface area contributed by atoms with E-state index >= 15 is 0 Å². The second kappa shape index (κ2) is 21.0. The molecule has 2 fully saturated rings. The summed E-state index contributed by atoms with van der Waals surface area (Å²) < 4.78 is 101. The maximum atomic E-state index is 13.4. The van der Waals surface area contributed by atoms with Gasteiger partial charge in [-0.05, 0) is 73.2 Å². The summed E-state index contributed by atoms with van der Waals surface area (Å²) in [7, 11) is 3.08. The quantitative estimate of drug-likeness (QED) is 0.0995. The summed E-state index contributed by atoms with van der Waals surface area (Å²) in [5.41, 5.74) is 3.78. The maximum Gasteiger partial charge on any atom is 0.435 e. The molecule has 0 unspecified atom stereocenters. The Morgan fingerprint density at radius 1 is 0.630 bits per heavy atom. The minimum absolute atomic E-state index is 0. The number of carboxylic acid groups (broad SMARTS) is 1. The van der Waals surface area contributed by atoms with E-state index in [2.05, 4.69) is 50.3 Å². The molecule has 0 saturated heterocycles. The van der Waals surface area contributed by atoms with Crippen molar-refractivity contribution in [3.05, 3.63) is 156 Å². The van der Waals surface area contributed by atoms with Gasteiger partial charge >= 0.3 is 18.3 Å². The van der Waals surface area contributed by atoms with Gasteiger partial charge in [0.2, 0.25) is 11.8 Å². The van der Waals surface area contributed by atoms with Crippen LogP contribution in [0.5, 0.6) is 11.8 Å². The summed E-state index contributed by atoms with van der Waals surface area (Å²) in [6.45, 7) is 0.660. The van der Waals surface area contributed by atoms with Gasteiger partial charge in [0.1, 0.15) is 29.5 Å². The van der Waals surface area contributed by atoms with Gasteiger partial charge in [0.15, 0.2) is 45.8 Å². The number of hydrogen-bond acceptors (Lipinski definition) is 16. The number of hydrogen-bond donors (Lipinski definition) is 1. The van der Waals surface area contributed by atoms with Gasteiger partial charge in [-0.1, -0.05) is 31.7 Å². The standard InChI is InChI=1S/C28H21F3N8O2.C25H19F3N8O3.CH4/c1-40-27-23(24(17-6-7-17)33-15-34-27)25-32-12-18-13-35-38(26(18)36-25)14-16-4-8-19(9-5-16)39-20(21-3-2-10-41-21)11-22(37-39)28(29,30)31;1-39-23-19(20(14-4-5-14)30-12-31-23)21-29-9-15-10-32-35(22(15)33-21)11-13-2-6-16(7-3-13)36-17(24(37)38)8-18(34-36)25(26,27)28;/h2-5,8-13,15,17H,6-7,14H2,1H3;2-3,6-10,12,14H,4-5,11H2,1H3,(H,37,38);1H4. The predicted molar refractivity (Wildman–Crippen MR) is 276 cm³/mol. The largest absolute Gasteiger partial charge is 0.480 e. The third kappa shape index (κ3) is 10.6. The number of alkyl halides is 6. The van der Waals surface area contributed by atoms with Crippen LogP contribution in [0.1, 0.15) is 89.3 Å². The average Bonchev–Trinajstić information content (AvgIpc) is 4.17. The molecular formula is C54H44F6N16O5. The number of nitrogens with zero attached hydrogens (tertiary/aromatic N) is 16. The highest BCUT2D eigenvalue weighted by Crippen LogP contribution is 2.46. The van der Waals surface area contributed by atoms with E-state index in [4.69, 9.17) is 23.9 Å². The molecule has 0 spiro atoms. The number of aromatic nitrogens is 16. The molecule has 0 radical (unpaired) electrons. The number of halogens is 6. The van der Waals surface area contributed by atoms with Crippen LogP contribution in [0.3, 0.4) is 0 Å². The topological polar surface area (TPSA) is 243 Å². The molecule has 412 valence electrons. The first-order valence-corrected chi connectivity index (χ1v) is 24.6. The zero-order valence-corrected chi connectivity index (χ0v) is 41.9. The van der Waals surface area contributed by atoms with E-state index in [0.29, 0.717) is 81.4 Å². The van der Waals surface area contributed by atoms with Crippen molar-refractivity contribution in [3.63, 3.8) is 0 Å². The molecule has 2 aliphatic carbocycles. The molecule has 0 bridgehead atoms. The summed E-state index contributed by atoms with van der Waals surface area (Å²) in [4.78, 5) is 47.5. The molecule has 27 heteroatoms. The number of carbonyl (C=O) groups is 1. The van der Waals surface area contributed by atoms with Crippen LogP contribution in [0.15, 0.2) is 121 Å². The maximum absolute atomic E-state index is 13.4. The van der Waals surface area contributed by atoms with Crippen LogP contribution >= 0.6 is 0 Å². The van der Waals surface area contributed by atoms with Crippen molar-refractivity contribution in [1.82, 2.24) is 79.0 Å². The van der Waals surface area contributed by atoms with Crippen LogP contribution in [0.2, 0.25) is 0 Å². The van der Waals surface area contributed by atoms with E-state index in [1.165, 1.54) is 42.8 Å². The molecular weight excluding hydrogens is 1070 g/mol. The number of rotatable bonds is 14. The van der Waals surface area contributed by atoms with Gasteiger partial charge < -0.3 is 19.0 Å². The summed E-state index contributed by atoms with van der Waals surface area (Å²) in [5, 5.41) is 27.0. The predicted octanol–water partition coefficient (Wildman–Crippen LogP) is 10.4. The molecule has 9 aromatic heterocycles. The van der Waals surface area contributed by atoms with Gasteiger partial charge in [-0.2, -0.15) is 46.7 Å². The van der Waals surface area contributed by atoms with Crippen LogP contribution in [0.4, 0.5) is 26.3 Å². The fourth-order valence-electron chi connectivity index (χ4n) is 9.05. The Hall–Kier alpha value is -9.95. The first-order chi connectivity index (χ1) is 38.6. The van der Waals surface area contributed by atoms with Crippen molar-refractivity contribution in [2.45, 2.75) is 70.4 Å². The molecule has 2 saturated carbocycles. The summed E-state index contributed by atoms with van der Waals surface area (Å²) in [6.07, 6.45) is 5.82. The zero-order valence-electron chi connectivity index (χ0n) is 41.9. The Balaban J connectivity index is 0.000000169. The highest BCUT2D eigenvalue weighted by molar-refractivity contribution is 5.86. The average molecular weight is 1110 g/mol. The molecule has 0 amide bonds. The molecule has 0 atom stereocenters. The molecule has 13 rings (SSSR count). The first kappa shape index (κ1) is 53.1. The fraction of sp³-hybridized carbons (Fsp3) is 0.241. The molecule has 1 N–H and O–H groups in total. The third-order valence-corrected chi connectivity index (χ3v) is 13.2. The van der Waals surface area contributed by atoms with Crippen LogP contribution in [0.25, 0.3) is 67.7 Å². The van der Waals surface area contributed by atoms with Crippen LogP contribution in [-0.4, -0.2) is 104 Å². The van der Waals surface area contributed by atoms with Gasteiger partial charge in [-0.15, -0.1) is 0 Å². The molecule has 81 heavy (non-hydrogen) atoms. The monoisotopic (exact) mass is 1110 g/mol. The number of carboxylic acids is 1. The number of aromatic carboxylic acids is 1. The Kier molecular flexibility index (Phi) is 13.8. The Morgan fingerprint density at radius 2 is 1.10 bits per heavy atom. The number of methoxy groups -OCH3 is 2. The smallest absolute Gasteiger partial charge is 0.435 e. The minimum Gasteiger partial charge on any atom is -0.480 e. The number of fused-ring (bicyclic) bond motifs is 2. The van der Waals surface area contributed by atoms with Gasteiger partial charge in [0.05, 0.1) is 79.5 Å². The van der Waals surface area contributed by atoms with Crippen LogP contribution in [-0.2, 0) is 25.4 Å². The lowest BCUT2D eigenvalue weighted by Gasteiger charge is -2.11. The van der Waals surface area contributed by atoms with Gasteiger partial charge in [0, 0.05) is 36.4 Å². The molecule has 21 nitrogen and oxygen atoms in total. The van der Waals surface area contributed by atoms with Gasteiger partial charge in [-0.3, -0.25) is 0 Å². The Bertz CT molecular complexity index is 4090. The molecule has 0 aliphatic heterocycles. The first-order valence-electron chi connectivity index (χ1n) is 24.6. The lowest BCUT2D eigenvalue weighted by atomic mass is 10.1. The highest BCUT2D eigenvalue weighted by atomic mass is 19.4. The van der Waals surface area contributed by atoms with Crippen molar-refractivity contribution >= 4 is 28.0 Å². The van der Waals surface area contributed by atoms with Gasteiger partial charge in [-0.25, -0.2) is 63.4 Å². The number of ether oxygens (including phenoxy) is 2. The summed E-state index contributed by atoms with van der Waals surface area (Å²) in [6, 6.07) is 18.0. The van der Waals surface area contributed by atoms with Gasteiger partial charge in [0.25, 0.3) is 0 Å². The van der Waals surface area contributed by atoms with E-state index in [-0.39, 0.29) is 31.1 Å².